The molecule has 1 heterocycles. The predicted molar refractivity (Wildman–Crippen MR) is 72.5 cm³/mol. The van der Waals surface area contributed by atoms with Gasteiger partial charge in [0.15, 0.2) is 6.29 Å². The van der Waals surface area contributed by atoms with Crippen molar-refractivity contribution >= 4 is 11.6 Å². The van der Waals surface area contributed by atoms with Crippen LogP contribution < -0.4 is 11.1 Å². The number of rotatable bonds is 4. The summed E-state index contributed by atoms with van der Waals surface area (Å²) >= 11 is 0. The summed E-state index contributed by atoms with van der Waals surface area (Å²) in [5.41, 5.74) is 7.41. The summed E-state index contributed by atoms with van der Waals surface area (Å²) in [4.78, 5) is 11.9. The molecule has 1 aromatic rings. The molecule has 1 fully saturated rings. The second-order valence-electron chi connectivity index (χ2n) is 4.96. The van der Waals surface area contributed by atoms with Crippen molar-refractivity contribution in [3.63, 3.8) is 0 Å². The monoisotopic (exact) mass is 264 g/mol. The number of ether oxygens (including phenoxy) is 2. The Morgan fingerprint density at radius 3 is 2.68 bits per heavy atom. The fourth-order valence-corrected chi connectivity index (χ4v) is 1.84. The SMILES string of the molecule is CC(C)C(N)C(=O)Nc1cccc(C2OCCO2)c1. The first-order chi connectivity index (χ1) is 9.08. The van der Waals surface area contributed by atoms with E-state index in [0.717, 1.165) is 5.56 Å². The van der Waals surface area contributed by atoms with Crippen LogP contribution in [0.15, 0.2) is 24.3 Å². The van der Waals surface area contributed by atoms with E-state index in [1.165, 1.54) is 0 Å². The van der Waals surface area contributed by atoms with Gasteiger partial charge in [-0.1, -0.05) is 26.0 Å². The average molecular weight is 264 g/mol. The van der Waals surface area contributed by atoms with Crippen LogP contribution in [0.5, 0.6) is 0 Å². The van der Waals surface area contributed by atoms with E-state index in [1.54, 1.807) is 0 Å². The lowest BCUT2D eigenvalue weighted by Gasteiger charge is -2.16. The highest BCUT2D eigenvalue weighted by atomic mass is 16.7. The van der Waals surface area contributed by atoms with Crippen LogP contribution >= 0.6 is 0 Å². The van der Waals surface area contributed by atoms with E-state index in [0.29, 0.717) is 18.9 Å². The lowest BCUT2D eigenvalue weighted by atomic mass is 10.0. The topological polar surface area (TPSA) is 73.6 Å². The van der Waals surface area contributed by atoms with Gasteiger partial charge < -0.3 is 20.5 Å². The first-order valence-corrected chi connectivity index (χ1v) is 6.47. The second-order valence-corrected chi connectivity index (χ2v) is 4.96. The van der Waals surface area contributed by atoms with Crippen LogP contribution in [0.25, 0.3) is 0 Å². The molecule has 1 atom stereocenters. The number of nitrogens with two attached hydrogens (primary N) is 1. The highest BCUT2D eigenvalue weighted by Gasteiger charge is 2.20. The average Bonchev–Trinajstić information content (AvgIpc) is 2.91. The molecule has 5 nitrogen and oxygen atoms in total. The summed E-state index contributed by atoms with van der Waals surface area (Å²) in [6.45, 7) is 5.03. The van der Waals surface area contributed by atoms with Crippen molar-refractivity contribution in [2.75, 3.05) is 18.5 Å². The molecule has 1 aliphatic heterocycles. The largest absolute Gasteiger partial charge is 0.346 e. The number of carbonyl (C=O) groups is 1. The maximum absolute atomic E-state index is 11.9. The molecule has 2 rings (SSSR count). The Kier molecular flexibility index (Phi) is 4.52. The fourth-order valence-electron chi connectivity index (χ4n) is 1.84. The standard InChI is InChI=1S/C14H20N2O3/c1-9(2)12(15)13(17)16-11-5-3-4-10(8-11)14-18-6-7-19-14/h3-5,8-9,12,14H,6-7,15H2,1-2H3,(H,16,17). The molecular weight excluding hydrogens is 244 g/mol. The Balaban J connectivity index is 2.04. The summed E-state index contributed by atoms with van der Waals surface area (Å²) in [6, 6.07) is 6.93. The normalized spacial score (nSPS) is 17.7. The molecule has 0 aliphatic carbocycles. The molecule has 1 amide bonds. The van der Waals surface area contributed by atoms with E-state index in [9.17, 15) is 4.79 Å². The molecule has 0 spiro atoms. The molecule has 0 aromatic heterocycles. The minimum absolute atomic E-state index is 0.102. The summed E-state index contributed by atoms with van der Waals surface area (Å²) in [6.07, 6.45) is -0.337. The van der Waals surface area contributed by atoms with Crippen LogP contribution in [0.2, 0.25) is 0 Å². The van der Waals surface area contributed by atoms with Crippen LogP contribution in [-0.2, 0) is 14.3 Å². The molecule has 0 radical (unpaired) electrons. The Morgan fingerprint density at radius 1 is 1.37 bits per heavy atom. The van der Waals surface area contributed by atoms with Gasteiger partial charge in [-0.05, 0) is 18.1 Å². The van der Waals surface area contributed by atoms with Gasteiger partial charge in [0.1, 0.15) is 0 Å². The van der Waals surface area contributed by atoms with Crippen molar-refractivity contribution in [3.05, 3.63) is 29.8 Å². The number of hydrogen-bond donors (Lipinski definition) is 2. The first kappa shape index (κ1) is 14.0. The third kappa shape index (κ3) is 3.53. The number of nitrogens with one attached hydrogen (secondary N) is 1. The van der Waals surface area contributed by atoms with Crippen molar-refractivity contribution < 1.29 is 14.3 Å². The van der Waals surface area contributed by atoms with Crippen LogP contribution in [0.3, 0.4) is 0 Å². The number of amides is 1. The number of benzene rings is 1. The van der Waals surface area contributed by atoms with Crippen molar-refractivity contribution in [3.8, 4) is 0 Å². The van der Waals surface area contributed by atoms with E-state index in [4.69, 9.17) is 15.2 Å². The lowest BCUT2D eigenvalue weighted by Crippen LogP contribution is -2.39. The quantitative estimate of drug-likeness (QED) is 0.867. The zero-order valence-corrected chi connectivity index (χ0v) is 11.3. The molecule has 104 valence electrons. The van der Waals surface area contributed by atoms with Crippen molar-refractivity contribution in [1.82, 2.24) is 0 Å². The third-order valence-corrected chi connectivity index (χ3v) is 3.07. The van der Waals surface area contributed by atoms with Crippen molar-refractivity contribution in [1.29, 1.82) is 0 Å². The fraction of sp³-hybridized carbons (Fsp3) is 0.500. The van der Waals surface area contributed by atoms with Crippen LogP contribution in [0, 0.1) is 5.92 Å². The highest BCUT2D eigenvalue weighted by Crippen LogP contribution is 2.25. The summed E-state index contributed by atoms with van der Waals surface area (Å²) in [5, 5.41) is 2.81. The molecular formula is C14H20N2O3. The molecule has 1 aromatic carbocycles. The molecule has 1 saturated heterocycles. The van der Waals surface area contributed by atoms with Gasteiger partial charge in [-0.3, -0.25) is 4.79 Å². The first-order valence-electron chi connectivity index (χ1n) is 6.47. The van der Waals surface area contributed by atoms with Gasteiger partial charge >= 0.3 is 0 Å². The van der Waals surface area contributed by atoms with E-state index in [2.05, 4.69) is 5.32 Å². The van der Waals surface area contributed by atoms with E-state index < -0.39 is 6.04 Å². The van der Waals surface area contributed by atoms with Crippen LogP contribution in [-0.4, -0.2) is 25.2 Å². The van der Waals surface area contributed by atoms with Crippen molar-refractivity contribution in [2.45, 2.75) is 26.2 Å². The van der Waals surface area contributed by atoms with E-state index in [-0.39, 0.29) is 18.1 Å². The summed E-state index contributed by atoms with van der Waals surface area (Å²) in [7, 11) is 0. The Bertz CT molecular complexity index is 442. The van der Waals surface area contributed by atoms with Gasteiger partial charge in [-0.15, -0.1) is 0 Å². The van der Waals surface area contributed by atoms with E-state index in [1.807, 2.05) is 38.1 Å². The number of hydrogen-bond acceptors (Lipinski definition) is 4. The van der Waals surface area contributed by atoms with Gasteiger partial charge in [-0.25, -0.2) is 0 Å². The minimum atomic E-state index is -0.511. The molecule has 1 aliphatic rings. The van der Waals surface area contributed by atoms with Crippen LogP contribution in [0.4, 0.5) is 5.69 Å². The van der Waals surface area contributed by atoms with Gasteiger partial charge in [0.2, 0.25) is 5.91 Å². The molecule has 0 bridgehead atoms. The van der Waals surface area contributed by atoms with Gasteiger partial charge in [-0.2, -0.15) is 0 Å². The molecule has 5 heteroatoms. The third-order valence-electron chi connectivity index (χ3n) is 3.07. The zero-order valence-electron chi connectivity index (χ0n) is 11.3. The smallest absolute Gasteiger partial charge is 0.241 e. The summed E-state index contributed by atoms with van der Waals surface area (Å²) in [5.74, 6) is -0.0786. The summed E-state index contributed by atoms with van der Waals surface area (Å²) < 4.78 is 10.9. The Hall–Kier alpha value is -1.43. The van der Waals surface area contributed by atoms with Gasteiger partial charge in [0.25, 0.3) is 0 Å². The Labute approximate surface area is 113 Å². The minimum Gasteiger partial charge on any atom is -0.346 e. The highest BCUT2D eigenvalue weighted by molar-refractivity contribution is 5.94. The molecule has 1 unspecified atom stereocenters. The Morgan fingerprint density at radius 2 is 2.05 bits per heavy atom. The zero-order chi connectivity index (χ0) is 13.8. The maximum Gasteiger partial charge on any atom is 0.241 e. The van der Waals surface area contributed by atoms with Gasteiger partial charge in [0, 0.05) is 11.3 Å². The molecule has 19 heavy (non-hydrogen) atoms. The van der Waals surface area contributed by atoms with Crippen LogP contribution in [0.1, 0.15) is 25.7 Å². The van der Waals surface area contributed by atoms with Crippen molar-refractivity contribution in [2.24, 2.45) is 11.7 Å². The maximum atomic E-state index is 11.9. The number of anilines is 1. The van der Waals surface area contributed by atoms with E-state index >= 15 is 0 Å². The number of carbonyl (C=O) groups excluding carboxylic acids is 1. The molecule has 3 N–H and O–H groups in total. The predicted octanol–water partition coefficient (Wildman–Crippen LogP) is 1.65. The second kappa shape index (κ2) is 6.14. The lowest BCUT2D eigenvalue weighted by molar-refractivity contribution is -0.118. The molecule has 0 saturated carbocycles. The van der Waals surface area contributed by atoms with Gasteiger partial charge in [0.05, 0.1) is 19.3 Å².